The monoisotopic (exact) mass is 444 g/mol. The molecule has 1 heterocycles. The summed E-state index contributed by atoms with van der Waals surface area (Å²) in [4.78, 5) is 18.2. The molecule has 0 aliphatic heterocycles. The molecule has 0 atom stereocenters. The van der Waals surface area contributed by atoms with Crippen LogP contribution in [0, 0.1) is 0 Å². The predicted octanol–water partition coefficient (Wildman–Crippen LogP) is 5.36. The average molecular weight is 445 g/mol. The molecule has 3 rings (SSSR count). The summed E-state index contributed by atoms with van der Waals surface area (Å²) in [7, 11) is 1.87. The van der Waals surface area contributed by atoms with E-state index in [1.807, 2.05) is 11.9 Å². The number of nitrogens with one attached hydrogen (secondary N) is 1. The SMILES string of the molecule is CN(Cc1cnc(Nc2cccc(Cl)c2)nc1C(F)(F)F)C1CCCCC1.O=CO. The van der Waals surface area contributed by atoms with Crippen molar-refractivity contribution in [2.24, 2.45) is 0 Å². The number of alkyl halides is 3. The third-order valence-corrected chi connectivity index (χ3v) is 5.07. The number of rotatable bonds is 5. The summed E-state index contributed by atoms with van der Waals surface area (Å²) < 4.78 is 40.7. The summed E-state index contributed by atoms with van der Waals surface area (Å²) in [5, 5.41) is 10.1. The van der Waals surface area contributed by atoms with Crippen molar-refractivity contribution < 1.29 is 23.1 Å². The minimum absolute atomic E-state index is 0.0900. The van der Waals surface area contributed by atoms with Gasteiger partial charge in [0.15, 0.2) is 5.69 Å². The number of nitrogens with zero attached hydrogens (tertiary/aromatic N) is 3. The van der Waals surface area contributed by atoms with E-state index in [9.17, 15) is 13.2 Å². The van der Waals surface area contributed by atoms with Gasteiger partial charge in [0.1, 0.15) is 0 Å². The summed E-state index contributed by atoms with van der Waals surface area (Å²) in [5.41, 5.74) is -0.278. The molecule has 2 N–H and O–H groups in total. The lowest BCUT2D eigenvalue weighted by Gasteiger charge is -2.31. The van der Waals surface area contributed by atoms with Gasteiger partial charge in [-0.05, 0) is 38.1 Å². The number of anilines is 2. The molecule has 2 aromatic rings. The van der Waals surface area contributed by atoms with Crippen molar-refractivity contribution in [1.82, 2.24) is 14.9 Å². The van der Waals surface area contributed by atoms with Crippen molar-refractivity contribution in [3.8, 4) is 0 Å². The van der Waals surface area contributed by atoms with Crippen LogP contribution in [-0.2, 0) is 17.5 Å². The smallest absolute Gasteiger partial charge is 0.433 e. The highest BCUT2D eigenvalue weighted by molar-refractivity contribution is 6.30. The van der Waals surface area contributed by atoms with Gasteiger partial charge in [-0.15, -0.1) is 0 Å². The normalized spacial score (nSPS) is 14.7. The molecule has 1 aromatic carbocycles. The van der Waals surface area contributed by atoms with Gasteiger partial charge in [0, 0.05) is 35.1 Å². The molecule has 1 fully saturated rings. The second-order valence-electron chi connectivity index (χ2n) is 7.01. The Morgan fingerprint density at radius 3 is 2.57 bits per heavy atom. The van der Waals surface area contributed by atoms with Gasteiger partial charge >= 0.3 is 6.18 Å². The van der Waals surface area contributed by atoms with Crippen LogP contribution in [0.15, 0.2) is 30.5 Å². The quantitative estimate of drug-likeness (QED) is 0.604. The van der Waals surface area contributed by atoms with Crippen LogP contribution in [0.3, 0.4) is 0 Å². The van der Waals surface area contributed by atoms with E-state index in [1.54, 1.807) is 24.3 Å². The maximum absolute atomic E-state index is 13.6. The zero-order chi connectivity index (χ0) is 22.1. The number of carbonyl (C=O) groups is 1. The van der Waals surface area contributed by atoms with Crippen LogP contribution in [0.25, 0.3) is 0 Å². The molecule has 1 aliphatic rings. The van der Waals surface area contributed by atoms with Gasteiger partial charge in [-0.25, -0.2) is 9.97 Å². The second kappa shape index (κ2) is 11.1. The Morgan fingerprint density at radius 1 is 1.30 bits per heavy atom. The Hall–Kier alpha value is -2.39. The lowest BCUT2D eigenvalue weighted by molar-refractivity contribution is -0.142. The van der Waals surface area contributed by atoms with Crippen LogP contribution in [-0.4, -0.2) is 39.5 Å². The fraction of sp³-hybridized carbons (Fsp3) is 0.450. The van der Waals surface area contributed by atoms with E-state index in [0.29, 0.717) is 16.8 Å². The molecule has 0 unspecified atom stereocenters. The molecule has 0 radical (unpaired) electrons. The Labute approximate surface area is 178 Å². The summed E-state index contributed by atoms with van der Waals surface area (Å²) >= 11 is 5.90. The lowest BCUT2D eigenvalue weighted by Crippen LogP contribution is -2.33. The first-order valence-electron chi connectivity index (χ1n) is 9.48. The molecule has 1 aromatic heterocycles. The minimum Gasteiger partial charge on any atom is -0.483 e. The zero-order valence-electron chi connectivity index (χ0n) is 16.5. The summed E-state index contributed by atoms with van der Waals surface area (Å²) in [5.74, 6) is -0.103. The predicted molar refractivity (Wildman–Crippen MR) is 109 cm³/mol. The number of benzene rings is 1. The third-order valence-electron chi connectivity index (χ3n) is 4.83. The molecule has 1 aliphatic carbocycles. The van der Waals surface area contributed by atoms with Crippen molar-refractivity contribution in [2.75, 3.05) is 12.4 Å². The summed E-state index contributed by atoms with van der Waals surface area (Å²) in [6.45, 7) is -0.0725. The van der Waals surface area contributed by atoms with Crippen LogP contribution in [0.5, 0.6) is 0 Å². The van der Waals surface area contributed by atoms with Crippen LogP contribution < -0.4 is 5.32 Å². The average Bonchev–Trinajstić information content (AvgIpc) is 2.69. The Kier molecular flexibility index (Phi) is 8.86. The highest BCUT2D eigenvalue weighted by Crippen LogP contribution is 2.33. The number of carboxylic acid groups (broad SMARTS) is 1. The second-order valence-corrected chi connectivity index (χ2v) is 7.45. The fourth-order valence-corrected chi connectivity index (χ4v) is 3.63. The fourth-order valence-electron chi connectivity index (χ4n) is 3.44. The molecule has 1 saturated carbocycles. The Balaban J connectivity index is 0.00000101. The van der Waals surface area contributed by atoms with Crippen molar-refractivity contribution in [1.29, 1.82) is 0 Å². The van der Waals surface area contributed by atoms with Crippen LogP contribution in [0.1, 0.15) is 43.4 Å². The molecule has 0 saturated heterocycles. The van der Waals surface area contributed by atoms with Gasteiger partial charge < -0.3 is 10.4 Å². The van der Waals surface area contributed by atoms with E-state index >= 15 is 0 Å². The van der Waals surface area contributed by atoms with Crippen molar-refractivity contribution in [3.05, 3.63) is 46.7 Å². The summed E-state index contributed by atoms with van der Waals surface area (Å²) in [6.07, 6.45) is 2.21. The highest BCUT2D eigenvalue weighted by atomic mass is 35.5. The standard InChI is InChI=1S/C19H22ClF3N4.CH2O2/c1-27(16-8-3-2-4-9-16)12-13-11-24-18(26-17(13)19(21,22)23)25-15-7-5-6-14(20)10-15;2-1-3/h5-7,10-11,16H,2-4,8-9,12H2,1H3,(H,24,25,26);1H,(H,2,3). The van der Waals surface area contributed by atoms with Crippen molar-refractivity contribution in [3.63, 3.8) is 0 Å². The number of hydrogen-bond donors (Lipinski definition) is 2. The summed E-state index contributed by atoms with van der Waals surface area (Å²) in [6, 6.07) is 6.97. The maximum Gasteiger partial charge on any atom is 0.433 e. The Bertz CT molecular complexity index is 830. The molecule has 0 spiro atoms. The van der Waals surface area contributed by atoms with Gasteiger partial charge in [-0.1, -0.05) is 36.9 Å². The molecule has 164 valence electrons. The topological polar surface area (TPSA) is 78.4 Å². The number of aromatic nitrogens is 2. The van der Waals surface area contributed by atoms with E-state index < -0.39 is 11.9 Å². The van der Waals surface area contributed by atoms with E-state index in [4.69, 9.17) is 21.5 Å². The first kappa shape index (κ1) is 23.9. The van der Waals surface area contributed by atoms with Crippen LogP contribution >= 0.6 is 11.6 Å². The largest absolute Gasteiger partial charge is 0.483 e. The maximum atomic E-state index is 13.6. The number of hydrogen-bond acceptors (Lipinski definition) is 5. The first-order valence-corrected chi connectivity index (χ1v) is 9.86. The molecule has 0 bridgehead atoms. The van der Waals surface area contributed by atoms with E-state index in [1.165, 1.54) is 12.6 Å². The molecular weight excluding hydrogens is 421 g/mol. The molecule has 30 heavy (non-hydrogen) atoms. The molecule has 6 nitrogen and oxygen atoms in total. The van der Waals surface area contributed by atoms with E-state index in [-0.39, 0.29) is 24.5 Å². The highest BCUT2D eigenvalue weighted by Gasteiger charge is 2.36. The lowest BCUT2D eigenvalue weighted by atomic mass is 9.94. The third kappa shape index (κ3) is 7.14. The van der Waals surface area contributed by atoms with Crippen LogP contribution in [0.2, 0.25) is 5.02 Å². The van der Waals surface area contributed by atoms with Gasteiger partial charge in [0.25, 0.3) is 6.47 Å². The zero-order valence-corrected chi connectivity index (χ0v) is 17.2. The van der Waals surface area contributed by atoms with Gasteiger partial charge in [0.05, 0.1) is 0 Å². The van der Waals surface area contributed by atoms with Gasteiger partial charge in [-0.2, -0.15) is 13.2 Å². The molecule has 0 amide bonds. The van der Waals surface area contributed by atoms with E-state index in [2.05, 4.69) is 15.3 Å². The minimum atomic E-state index is -4.55. The van der Waals surface area contributed by atoms with Crippen molar-refractivity contribution in [2.45, 2.75) is 50.9 Å². The van der Waals surface area contributed by atoms with E-state index in [0.717, 1.165) is 25.7 Å². The van der Waals surface area contributed by atoms with Gasteiger partial charge in [-0.3, -0.25) is 9.69 Å². The Morgan fingerprint density at radius 2 is 1.97 bits per heavy atom. The first-order chi connectivity index (χ1) is 14.2. The van der Waals surface area contributed by atoms with Crippen molar-refractivity contribution >= 4 is 29.7 Å². The van der Waals surface area contributed by atoms with Gasteiger partial charge in [0.2, 0.25) is 5.95 Å². The number of halogens is 4. The molecule has 10 heteroatoms. The molecular formula is C20H24ClF3N4O2. The van der Waals surface area contributed by atoms with Crippen LogP contribution in [0.4, 0.5) is 24.8 Å².